The Morgan fingerprint density at radius 3 is 2.12 bits per heavy atom. The molecule has 1 aromatic carbocycles. The minimum absolute atomic E-state index is 0.0284. The van der Waals surface area contributed by atoms with E-state index >= 15 is 0 Å². The van der Waals surface area contributed by atoms with Crippen LogP contribution in [0.5, 0.6) is 0 Å². The molecule has 1 aromatic heterocycles. The average Bonchev–Trinajstić information content (AvgIpc) is 3.30. The Balaban J connectivity index is 1.48. The zero-order chi connectivity index (χ0) is 30.9. The summed E-state index contributed by atoms with van der Waals surface area (Å²) in [6.07, 6.45) is -2.09. The van der Waals surface area contributed by atoms with Crippen molar-refractivity contribution in [2.45, 2.75) is 84.5 Å². The van der Waals surface area contributed by atoms with Gasteiger partial charge in [0.15, 0.2) is 11.5 Å². The predicted octanol–water partition coefficient (Wildman–Crippen LogP) is 7.48. The van der Waals surface area contributed by atoms with Gasteiger partial charge < -0.3 is 10.0 Å². The number of hydrogen-bond acceptors (Lipinski definition) is 4. The molecule has 0 radical (unpaired) electrons. The van der Waals surface area contributed by atoms with Crippen LogP contribution in [0.1, 0.15) is 97.3 Å². The van der Waals surface area contributed by atoms with Gasteiger partial charge >= 0.3 is 12.1 Å². The number of carbonyl (C=O) groups is 3. The maximum atomic E-state index is 14.6. The molecule has 1 N–H and O–H groups in total. The Kier molecular flexibility index (Phi) is 7.74. The summed E-state index contributed by atoms with van der Waals surface area (Å²) in [5.74, 6) is -1.83. The third-order valence-electron chi connectivity index (χ3n) is 10.0. The molecule has 3 aliphatic rings. The first-order valence-corrected chi connectivity index (χ1v) is 14.9. The molecule has 0 aliphatic heterocycles. The molecule has 0 unspecified atom stereocenters. The standard InChI is InChI=1S/C30H34Cl2F3N3O4/c1-15-9-21(31)24(22(32)10-15)23(39)14-37(17-11-19-20(12-17)28(19,2)3)26(40)18-13-36-38(25(18)30(33,34)35)16-5-7-29(4,8-6-16)27(41)42/h9-10,13,16-17,19-20H,5-8,11-12,14H2,1-4H3,(H,41,42)/t16-,17-,19-,20+,29-. The van der Waals surface area contributed by atoms with E-state index in [-0.39, 0.29) is 46.7 Å². The topological polar surface area (TPSA) is 92.5 Å². The van der Waals surface area contributed by atoms with Crippen LogP contribution in [-0.4, -0.2) is 50.0 Å². The van der Waals surface area contributed by atoms with Gasteiger partial charge in [-0.05, 0) is 87.3 Å². The van der Waals surface area contributed by atoms with Crippen molar-refractivity contribution in [1.29, 1.82) is 0 Å². The lowest BCUT2D eigenvalue weighted by molar-refractivity contribution is -0.152. The maximum absolute atomic E-state index is 14.6. The van der Waals surface area contributed by atoms with Crippen molar-refractivity contribution in [1.82, 2.24) is 14.7 Å². The molecule has 1 heterocycles. The lowest BCUT2D eigenvalue weighted by atomic mass is 9.74. The molecule has 228 valence electrons. The zero-order valence-electron chi connectivity index (χ0n) is 23.9. The summed E-state index contributed by atoms with van der Waals surface area (Å²) in [4.78, 5) is 40.5. The third-order valence-corrected chi connectivity index (χ3v) is 10.6. The lowest BCUT2D eigenvalue weighted by Crippen LogP contribution is -2.44. The number of aryl methyl sites for hydroxylation is 1. The summed E-state index contributed by atoms with van der Waals surface area (Å²) in [7, 11) is 0. The van der Waals surface area contributed by atoms with Gasteiger partial charge in [-0.15, -0.1) is 0 Å². The molecule has 3 atom stereocenters. The number of carbonyl (C=O) groups excluding carboxylic acids is 2. The number of amides is 1. The number of nitrogens with zero attached hydrogens (tertiary/aromatic N) is 3. The van der Waals surface area contributed by atoms with E-state index in [4.69, 9.17) is 23.2 Å². The molecule has 0 bridgehead atoms. The number of ketones is 1. The maximum Gasteiger partial charge on any atom is 0.433 e. The molecule has 0 spiro atoms. The van der Waals surface area contributed by atoms with Gasteiger partial charge in [0.2, 0.25) is 0 Å². The number of benzene rings is 1. The lowest BCUT2D eigenvalue weighted by Gasteiger charge is -2.35. The summed E-state index contributed by atoms with van der Waals surface area (Å²) in [6.45, 7) is 7.14. The highest BCUT2D eigenvalue weighted by Gasteiger charge is 2.63. The number of aromatic nitrogens is 2. The second-order valence-corrected chi connectivity index (χ2v) is 13.9. The quantitative estimate of drug-likeness (QED) is 0.321. The summed E-state index contributed by atoms with van der Waals surface area (Å²) in [5, 5.41) is 13.8. The van der Waals surface area contributed by atoms with Crippen LogP contribution in [0.4, 0.5) is 13.2 Å². The zero-order valence-corrected chi connectivity index (χ0v) is 25.4. The third kappa shape index (κ3) is 5.34. The number of carboxylic acids is 1. The highest BCUT2D eigenvalue weighted by atomic mass is 35.5. The first kappa shape index (κ1) is 30.9. The Morgan fingerprint density at radius 2 is 1.62 bits per heavy atom. The van der Waals surface area contributed by atoms with Crippen LogP contribution in [0, 0.1) is 29.6 Å². The fourth-order valence-corrected chi connectivity index (χ4v) is 8.04. The molecule has 3 fully saturated rings. The van der Waals surface area contributed by atoms with Gasteiger partial charge in [-0.25, -0.2) is 0 Å². The Morgan fingerprint density at radius 1 is 1.07 bits per heavy atom. The molecule has 2 aromatic rings. The van der Waals surface area contributed by atoms with Gasteiger partial charge in [0.25, 0.3) is 5.91 Å². The molecule has 42 heavy (non-hydrogen) atoms. The Labute approximate surface area is 252 Å². The summed E-state index contributed by atoms with van der Waals surface area (Å²) in [5.41, 5.74) is -1.96. The molecule has 0 saturated heterocycles. The smallest absolute Gasteiger partial charge is 0.433 e. The van der Waals surface area contributed by atoms with Crippen molar-refractivity contribution in [3.8, 4) is 0 Å². The molecule has 5 rings (SSSR count). The summed E-state index contributed by atoms with van der Waals surface area (Å²) >= 11 is 12.7. The highest BCUT2D eigenvalue weighted by molar-refractivity contribution is 6.40. The number of carboxylic acid groups (broad SMARTS) is 1. The van der Waals surface area contributed by atoms with E-state index in [0.717, 1.165) is 16.4 Å². The summed E-state index contributed by atoms with van der Waals surface area (Å²) in [6, 6.07) is 2.01. The summed E-state index contributed by atoms with van der Waals surface area (Å²) < 4.78 is 44.6. The van der Waals surface area contributed by atoms with E-state index in [9.17, 15) is 32.7 Å². The van der Waals surface area contributed by atoms with E-state index in [1.807, 2.05) is 0 Å². The molecule has 12 heteroatoms. The van der Waals surface area contributed by atoms with Crippen LogP contribution >= 0.6 is 23.2 Å². The molecule has 1 amide bonds. The van der Waals surface area contributed by atoms with E-state index in [0.29, 0.717) is 24.7 Å². The fraction of sp³-hybridized carbons (Fsp3) is 0.600. The number of alkyl halides is 3. The Bertz CT molecular complexity index is 1410. The van der Waals surface area contributed by atoms with Crippen molar-refractivity contribution < 1.29 is 32.7 Å². The molecular weight excluding hydrogens is 594 g/mol. The number of hydrogen-bond donors (Lipinski definition) is 1. The van der Waals surface area contributed by atoms with Crippen LogP contribution in [-0.2, 0) is 11.0 Å². The van der Waals surface area contributed by atoms with Crippen LogP contribution in [0.2, 0.25) is 10.0 Å². The first-order chi connectivity index (χ1) is 19.5. The van der Waals surface area contributed by atoms with Gasteiger partial charge in [-0.2, -0.15) is 18.3 Å². The number of Topliss-reactive ketones (excluding diaryl/α,β-unsaturated/α-hetero) is 1. The minimum Gasteiger partial charge on any atom is -0.481 e. The SMILES string of the molecule is Cc1cc(Cl)c(C(=O)CN(C(=O)c2cnn([C@H]3CC[C@](C)(C(=O)O)CC3)c2C(F)(F)F)[C@@H]2C[C@@H]3[C@H](C2)C3(C)C)c(Cl)c1. The monoisotopic (exact) mass is 627 g/mol. The van der Waals surface area contributed by atoms with E-state index in [2.05, 4.69) is 18.9 Å². The van der Waals surface area contributed by atoms with Crippen molar-refractivity contribution in [3.63, 3.8) is 0 Å². The molecular formula is C30H34Cl2F3N3O4. The molecule has 3 aliphatic carbocycles. The van der Waals surface area contributed by atoms with Crippen LogP contribution in [0.3, 0.4) is 0 Å². The number of fused-ring (bicyclic) bond motifs is 1. The van der Waals surface area contributed by atoms with Crippen LogP contribution in [0.25, 0.3) is 0 Å². The predicted molar refractivity (Wildman–Crippen MR) is 151 cm³/mol. The number of aliphatic carboxylic acids is 1. The Hall–Kier alpha value is -2.59. The van der Waals surface area contributed by atoms with Gasteiger partial charge in [0, 0.05) is 6.04 Å². The number of halogens is 5. The normalized spacial score (nSPS) is 28.3. The largest absolute Gasteiger partial charge is 0.481 e. The fourth-order valence-electron chi connectivity index (χ4n) is 7.23. The minimum atomic E-state index is -4.91. The van der Waals surface area contributed by atoms with E-state index in [1.165, 1.54) is 4.90 Å². The second-order valence-electron chi connectivity index (χ2n) is 13.1. The first-order valence-electron chi connectivity index (χ1n) is 14.1. The highest BCUT2D eigenvalue weighted by Crippen LogP contribution is 2.67. The van der Waals surface area contributed by atoms with Gasteiger partial charge in [0.05, 0.1) is 45.4 Å². The molecule has 3 saturated carbocycles. The average molecular weight is 629 g/mol. The van der Waals surface area contributed by atoms with E-state index < -0.39 is 59.1 Å². The van der Waals surface area contributed by atoms with Crippen molar-refractivity contribution in [2.24, 2.45) is 22.7 Å². The van der Waals surface area contributed by atoms with Crippen LogP contribution in [0.15, 0.2) is 18.3 Å². The van der Waals surface area contributed by atoms with Gasteiger partial charge in [0.1, 0.15) is 0 Å². The van der Waals surface area contributed by atoms with Crippen molar-refractivity contribution in [3.05, 3.63) is 50.8 Å². The van der Waals surface area contributed by atoms with Crippen molar-refractivity contribution in [2.75, 3.05) is 6.54 Å². The van der Waals surface area contributed by atoms with Gasteiger partial charge in [-0.1, -0.05) is 37.0 Å². The van der Waals surface area contributed by atoms with Crippen LogP contribution < -0.4 is 0 Å². The van der Waals surface area contributed by atoms with Crippen molar-refractivity contribution >= 4 is 40.9 Å². The number of rotatable bonds is 7. The second kappa shape index (κ2) is 10.5. The van der Waals surface area contributed by atoms with Gasteiger partial charge in [-0.3, -0.25) is 19.1 Å². The van der Waals surface area contributed by atoms with E-state index in [1.54, 1.807) is 26.0 Å². The molecule has 7 nitrogen and oxygen atoms in total.